The van der Waals surface area contributed by atoms with Gasteiger partial charge in [0.2, 0.25) is 0 Å². The van der Waals surface area contributed by atoms with E-state index in [1.165, 1.54) is 4.90 Å². The number of benzene rings is 2. The Labute approximate surface area is 186 Å². The van der Waals surface area contributed by atoms with E-state index in [0.29, 0.717) is 17.1 Å². The average Bonchev–Trinajstić information content (AvgIpc) is 3.05. The van der Waals surface area contributed by atoms with Crippen LogP contribution < -0.4 is 4.74 Å². The molecule has 3 aromatic rings. The number of rotatable bonds is 7. The molecular formula is C26H24N2O4. The number of para-hydroxylation sites is 1. The summed E-state index contributed by atoms with van der Waals surface area (Å²) in [4.78, 5) is 31.6. The first-order valence-electron chi connectivity index (χ1n) is 10.5. The molecular weight excluding hydrogens is 404 g/mol. The van der Waals surface area contributed by atoms with Crippen molar-refractivity contribution in [2.75, 3.05) is 0 Å². The van der Waals surface area contributed by atoms with E-state index < -0.39 is 17.7 Å². The third-order valence-electron chi connectivity index (χ3n) is 5.35. The predicted molar refractivity (Wildman–Crippen MR) is 120 cm³/mol. The first-order valence-corrected chi connectivity index (χ1v) is 10.5. The maximum absolute atomic E-state index is 13.0. The summed E-state index contributed by atoms with van der Waals surface area (Å²) >= 11 is 0. The molecule has 0 radical (unpaired) electrons. The van der Waals surface area contributed by atoms with Crippen LogP contribution in [0.25, 0.3) is 0 Å². The molecule has 1 N–H and O–H groups in total. The summed E-state index contributed by atoms with van der Waals surface area (Å²) in [6, 6.07) is 19.5. The molecule has 0 aliphatic carbocycles. The number of ether oxygens (including phenoxy) is 1. The summed E-state index contributed by atoms with van der Waals surface area (Å²) in [5, 5.41) is 10.7. The van der Waals surface area contributed by atoms with E-state index in [1.807, 2.05) is 48.5 Å². The number of carbonyl (C=O) groups excluding carboxylic acids is 2. The van der Waals surface area contributed by atoms with Crippen LogP contribution >= 0.6 is 0 Å². The largest absolute Gasteiger partial charge is 0.503 e. The van der Waals surface area contributed by atoms with Crippen LogP contribution in [-0.2, 0) is 16.1 Å². The molecule has 0 spiro atoms. The number of nitrogens with zero attached hydrogens (tertiary/aromatic N) is 2. The second-order valence-corrected chi connectivity index (χ2v) is 7.96. The fraction of sp³-hybridized carbons (Fsp3) is 0.192. The number of carbonyl (C=O) groups is 2. The van der Waals surface area contributed by atoms with Crippen molar-refractivity contribution in [2.45, 2.75) is 26.4 Å². The Bertz CT molecular complexity index is 1160. The Morgan fingerprint density at radius 1 is 1.03 bits per heavy atom. The number of hydrogen-bond acceptors (Lipinski definition) is 5. The molecule has 32 heavy (non-hydrogen) atoms. The molecule has 4 rings (SSSR count). The summed E-state index contributed by atoms with van der Waals surface area (Å²) in [7, 11) is 0. The minimum Gasteiger partial charge on any atom is -0.503 e. The van der Waals surface area contributed by atoms with E-state index in [1.54, 1.807) is 44.4 Å². The van der Waals surface area contributed by atoms with Gasteiger partial charge in [-0.1, -0.05) is 44.2 Å². The highest BCUT2D eigenvalue weighted by molar-refractivity contribution is 6.09. The van der Waals surface area contributed by atoms with Gasteiger partial charge < -0.3 is 14.7 Å². The average molecular weight is 428 g/mol. The summed E-state index contributed by atoms with van der Waals surface area (Å²) < 4.78 is 5.95. The predicted octanol–water partition coefficient (Wildman–Crippen LogP) is 4.99. The van der Waals surface area contributed by atoms with Crippen LogP contribution in [0.5, 0.6) is 11.5 Å². The number of aromatic nitrogens is 1. The number of Topliss-reactive ketones (excluding diaryl/α,β-unsaturated/α-hetero) is 1. The van der Waals surface area contributed by atoms with Crippen LogP contribution in [0.2, 0.25) is 0 Å². The lowest BCUT2D eigenvalue weighted by atomic mass is 9.91. The molecule has 6 heteroatoms. The van der Waals surface area contributed by atoms with Gasteiger partial charge in [-0.25, -0.2) is 0 Å². The maximum Gasteiger partial charge on any atom is 0.290 e. The first kappa shape index (κ1) is 21.3. The zero-order chi connectivity index (χ0) is 22.7. The Morgan fingerprint density at radius 2 is 1.72 bits per heavy atom. The molecule has 1 atom stereocenters. The van der Waals surface area contributed by atoms with E-state index in [0.717, 1.165) is 5.56 Å². The smallest absolute Gasteiger partial charge is 0.290 e. The summed E-state index contributed by atoms with van der Waals surface area (Å²) in [5.41, 5.74) is 1.66. The molecule has 1 aliphatic heterocycles. The third kappa shape index (κ3) is 4.25. The zero-order valence-corrected chi connectivity index (χ0v) is 17.9. The van der Waals surface area contributed by atoms with Gasteiger partial charge in [-0.2, -0.15) is 0 Å². The second kappa shape index (κ2) is 9.06. The Kier molecular flexibility index (Phi) is 6.03. The quantitative estimate of drug-likeness (QED) is 0.573. The number of aliphatic hydroxyl groups is 1. The van der Waals surface area contributed by atoms with Crippen LogP contribution in [0.4, 0.5) is 0 Å². The number of ketones is 1. The summed E-state index contributed by atoms with van der Waals surface area (Å²) in [6.45, 7) is 3.74. The lowest BCUT2D eigenvalue weighted by Gasteiger charge is -2.27. The van der Waals surface area contributed by atoms with Gasteiger partial charge in [0.1, 0.15) is 11.5 Å². The zero-order valence-electron chi connectivity index (χ0n) is 17.9. The number of hydrogen-bond donors (Lipinski definition) is 1. The van der Waals surface area contributed by atoms with E-state index in [9.17, 15) is 14.7 Å². The molecule has 2 aromatic carbocycles. The van der Waals surface area contributed by atoms with Crippen LogP contribution in [0.1, 0.15) is 31.0 Å². The monoisotopic (exact) mass is 428 g/mol. The molecule has 1 aliphatic rings. The molecule has 162 valence electrons. The summed E-state index contributed by atoms with van der Waals surface area (Å²) in [6.07, 6.45) is 3.29. The van der Waals surface area contributed by atoms with Gasteiger partial charge in [0, 0.05) is 24.9 Å². The van der Waals surface area contributed by atoms with Crippen molar-refractivity contribution >= 4 is 11.7 Å². The number of amides is 1. The lowest BCUT2D eigenvalue weighted by Crippen LogP contribution is -2.31. The number of pyridine rings is 1. The standard InChI is InChI=1S/C26H24N2O4/c1-17(2)24(29)22-23(28(26(31)25(22)30)16-18-11-13-27-14-12-18)19-7-6-10-21(15-19)32-20-8-4-3-5-9-20/h3-15,17,23,30H,16H2,1-2H3. The normalized spacial score (nSPS) is 16.0. The van der Waals surface area contributed by atoms with Crippen LogP contribution in [0.3, 0.4) is 0 Å². The minimum atomic E-state index is -0.718. The van der Waals surface area contributed by atoms with E-state index >= 15 is 0 Å². The van der Waals surface area contributed by atoms with E-state index in [4.69, 9.17) is 4.74 Å². The molecule has 1 unspecified atom stereocenters. The molecule has 6 nitrogen and oxygen atoms in total. The van der Waals surface area contributed by atoms with Crippen LogP contribution in [-0.4, -0.2) is 26.7 Å². The Hall–Kier alpha value is -3.93. The lowest BCUT2D eigenvalue weighted by molar-refractivity contribution is -0.130. The molecule has 0 saturated carbocycles. The minimum absolute atomic E-state index is 0.121. The highest BCUT2D eigenvalue weighted by Gasteiger charge is 2.44. The Morgan fingerprint density at radius 3 is 2.41 bits per heavy atom. The van der Waals surface area contributed by atoms with Gasteiger partial charge in [-0.05, 0) is 47.5 Å². The van der Waals surface area contributed by atoms with Crippen LogP contribution in [0, 0.1) is 5.92 Å². The first-order chi connectivity index (χ1) is 15.5. The highest BCUT2D eigenvalue weighted by atomic mass is 16.5. The van der Waals surface area contributed by atoms with Crippen molar-refractivity contribution in [2.24, 2.45) is 5.92 Å². The van der Waals surface area contributed by atoms with Gasteiger partial charge >= 0.3 is 0 Å². The topological polar surface area (TPSA) is 79.7 Å². The van der Waals surface area contributed by atoms with Gasteiger partial charge in [0.15, 0.2) is 11.5 Å². The molecule has 0 fully saturated rings. The van der Waals surface area contributed by atoms with Crippen molar-refractivity contribution in [3.05, 3.63) is 102 Å². The molecule has 1 aromatic heterocycles. The summed E-state index contributed by atoms with van der Waals surface area (Å²) in [5.74, 6) is -0.424. The third-order valence-corrected chi connectivity index (χ3v) is 5.35. The number of aliphatic hydroxyl groups excluding tert-OH is 1. The van der Waals surface area contributed by atoms with Gasteiger partial charge in [0.05, 0.1) is 11.6 Å². The second-order valence-electron chi connectivity index (χ2n) is 7.96. The fourth-order valence-corrected chi connectivity index (χ4v) is 3.78. The fourth-order valence-electron chi connectivity index (χ4n) is 3.78. The van der Waals surface area contributed by atoms with E-state index in [-0.39, 0.29) is 23.8 Å². The van der Waals surface area contributed by atoms with Crippen molar-refractivity contribution in [1.82, 2.24) is 9.88 Å². The van der Waals surface area contributed by atoms with E-state index in [2.05, 4.69) is 4.98 Å². The highest BCUT2D eigenvalue weighted by Crippen LogP contribution is 2.41. The molecule has 0 saturated heterocycles. The van der Waals surface area contributed by atoms with Crippen molar-refractivity contribution in [3.63, 3.8) is 0 Å². The van der Waals surface area contributed by atoms with Gasteiger partial charge in [-0.15, -0.1) is 0 Å². The Balaban J connectivity index is 1.75. The van der Waals surface area contributed by atoms with Crippen LogP contribution in [0.15, 0.2) is 90.5 Å². The van der Waals surface area contributed by atoms with Gasteiger partial charge in [0.25, 0.3) is 5.91 Å². The van der Waals surface area contributed by atoms with Crippen molar-refractivity contribution in [3.8, 4) is 11.5 Å². The molecule has 0 bridgehead atoms. The van der Waals surface area contributed by atoms with Gasteiger partial charge in [-0.3, -0.25) is 14.6 Å². The maximum atomic E-state index is 13.0. The van der Waals surface area contributed by atoms with Crippen molar-refractivity contribution in [1.29, 1.82) is 0 Å². The molecule has 2 heterocycles. The SMILES string of the molecule is CC(C)C(=O)C1=C(O)C(=O)N(Cc2ccncc2)C1c1cccc(Oc2ccccc2)c1. The van der Waals surface area contributed by atoms with Crippen molar-refractivity contribution < 1.29 is 19.4 Å². The molecule has 1 amide bonds.